The molecule has 0 bridgehead atoms. The molecule has 0 heterocycles. The van der Waals surface area contributed by atoms with Crippen LogP contribution >= 0.6 is 45.2 Å². The summed E-state index contributed by atoms with van der Waals surface area (Å²) in [7, 11) is 0. The number of nitrogens with one attached hydrogen (secondary N) is 2. The summed E-state index contributed by atoms with van der Waals surface area (Å²) in [5.74, 6) is 0. The molecule has 0 aromatic heterocycles. The van der Waals surface area contributed by atoms with Crippen molar-refractivity contribution in [2.75, 3.05) is 0 Å². The summed E-state index contributed by atoms with van der Waals surface area (Å²) in [6, 6.07) is 10.2. The molecule has 2 rings (SSSR count). The highest BCUT2D eigenvalue weighted by atomic mass is 127. The first-order chi connectivity index (χ1) is 13.1. The van der Waals surface area contributed by atoms with Crippen LogP contribution < -0.4 is 10.9 Å². The van der Waals surface area contributed by atoms with Crippen LogP contribution in [-0.4, -0.2) is 18.5 Å². The molecule has 0 aliphatic rings. The SMILES string of the molecule is O=C(N/N=C\c1cccc(C(F)(F)F)c1)N/N=C\c1cccc(C(F)(I)I)c1. The van der Waals surface area contributed by atoms with Crippen LogP contribution in [0.2, 0.25) is 0 Å². The number of halogens is 6. The average molecular weight is 618 g/mol. The minimum absolute atomic E-state index is 0.169. The predicted octanol–water partition coefficient (Wildman–Crippen LogP) is 5.32. The van der Waals surface area contributed by atoms with Crippen LogP contribution in [0.4, 0.5) is 22.4 Å². The third-order valence-electron chi connectivity index (χ3n) is 3.19. The zero-order valence-electron chi connectivity index (χ0n) is 13.8. The lowest BCUT2D eigenvalue weighted by Gasteiger charge is -2.10. The summed E-state index contributed by atoms with van der Waals surface area (Å²) in [6.07, 6.45) is -2.07. The van der Waals surface area contributed by atoms with Gasteiger partial charge in [-0.25, -0.2) is 20.0 Å². The zero-order valence-corrected chi connectivity index (χ0v) is 18.2. The molecule has 2 aromatic rings. The van der Waals surface area contributed by atoms with Crippen molar-refractivity contribution in [3.05, 3.63) is 70.8 Å². The van der Waals surface area contributed by atoms with Gasteiger partial charge in [0.25, 0.3) is 0 Å². The third kappa shape index (κ3) is 7.33. The number of nitrogens with zero attached hydrogens (tertiary/aromatic N) is 2. The molecule has 148 valence electrons. The van der Waals surface area contributed by atoms with Crippen molar-refractivity contribution < 1.29 is 22.4 Å². The quantitative estimate of drug-likeness (QED) is 0.154. The van der Waals surface area contributed by atoms with Crippen LogP contribution in [0.5, 0.6) is 0 Å². The average Bonchev–Trinajstić information content (AvgIpc) is 2.61. The Morgan fingerprint density at radius 1 is 0.857 bits per heavy atom. The highest BCUT2D eigenvalue weighted by Crippen LogP contribution is 2.40. The van der Waals surface area contributed by atoms with Gasteiger partial charge in [0.1, 0.15) is 0 Å². The van der Waals surface area contributed by atoms with Crippen molar-refractivity contribution in [3.63, 3.8) is 0 Å². The fraction of sp³-hybridized carbons (Fsp3) is 0.118. The van der Waals surface area contributed by atoms with E-state index in [0.29, 0.717) is 11.1 Å². The first-order valence-corrected chi connectivity index (χ1v) is 9.68. The number of carbonyl (C=O) groups excluding carboxylic acids is 1. The minimum Gasteiger partial charge on any atom is -0.245 e. The molecule has 11 heteroatoms. The summed E-state index contributed by atoms with van der Waals surface area (Å²) < 4.78 is 50.2. The van der Waals surface area contributed by atoms with E-state index in [4.69, 9.17) is 0 Å². The van der Waals surface area contributed by atoms with Crippen molar-refractivity contribution in [2.45, 2.75) is 7.86 Å². The van der Waals surface area contributed by atoms with Gasteiger partial charge in [0, 0.05) is 5.56 Å². The Bertz CT molecular complexity index is 824. The first kappa shape index (κ1) is 22.5. The molecule has 2 N–H and O–H groups in total. The number of carbonyl (C=O) groups is 1. The number of benzene rings is 2. The van der Waals surface area contributed by atoms with Gasteiger partial charge in [-0.2, -0.15) is 23.4 Å². The number of alkyl halides is 6. The van der Waals surface area contributed by atoms with E-state index in [9.17, 15) is 22.4 Å². The number of rotatable bonds is 5. The Balaban J connectivity index is 1.90. The van der Waals surface area contributed by atoms with E-state index in [1.54, 1.807) is 69.4 Å². The van der Waals surface area contributed by atoms with Gasteiger partial charge < -0.3 is 0 Å². The van der Waals surface area contributed by atoms with Gasteiger partial charge in [-0.15, -0.1) is 0 Å². The topological polar surface area (TPSA) is 65.8 Å². The molecule has 0 spiro atoms. The Kier molecular flexibility index (Phi) is 7.74. The second-order valence-electron chi connectivity index (χ2n) is 5.32. The third-order valence-corrected chi connectivity index (χ3v) is 4.43. The van der Waals surface area contributed by atoms with Gasteiger partial charge >= 0.3 is 12.2 Å². The summed E-state index contributed by atoms with van der Waals surface area (Å²) >= 11 is 3.30. The molecular weight excluding hydrogens is 606 g/mol. The standard InChI is InChI=1S/C17H12F4I2N4O/c18-16(19,20)13-5-1-3-11(7-13)9-24-26-15(28)27-25-10-12-4-2-6-14(8-12)17(21,22)23/h1-10H,(H2,26,27,28)/b24-9-,25-10-. The molecular formula is C17H12F4I2N4O. The van der Waals surface area contributed by atoms with Gasteiger partial charge in [0.2, 0.25) is 1.68 Å². The fourth-order valence-corrected chi connectivity index (χ4v) is 2.62. The van der Waals surface area contributed by atoms with Crippen LogP contribution in [0, 0.1) is 0 Å². The molecule has 0 saturated carbocycles. The van der Waals surface area contributed by atoms with Crippen molar-refractivity contribution in [3.8, 4) is 0 Å². The largest absolute Gasteiger partial charge is 0.416 e. The lowest BCUT2D eigenvalue weighted by molar-refractivity contribution is -0.137. The van der Waals surface area contributed by atoms with Gasteiger partial charge in [-0.05, 0) is 74.5 Å². The zero-order chi connectivity index (χ0) is 20.8. The van der Waals surface area contributed by atoms with E-state index < -0.39 is 19.5 Å². The molecule has 0 fully saturated rings. The lowest BCUT2D eigenvalue weighted by atomic mass is 10.1. The van der Waals surface area contributed by atoms with Crippen LogP contribution in [0.1, 0.15) is 22.3 Å². The highest BCUT2D eigenvalue weighted by molar-refractivity contribution is 14.2. The van der Waals surface area contributed by atoms with Crippen molar-refractivity contribution in [1.82, 2.24) is 10.9 Å². The van der Waals surface area contributed by atoms with E-state index in [1.807, 2.05) is 0 Å². The maximum absolute atomic E-state index is 13.9. The van der Waals surface area contributed by atoms with E-state index in [1.165, 1.54) is 18.3 Å². The van der Waals surface area contributed by atoms with Crippen molar-refractivity contribution in [2.24, 2.45) is 10.2 Å². The number of hydrogen-bond acceptors (Lipinski definition) is 3. The summed E-state index contributed by atoms with van der Waals surface area (Å²) in [5.41, 5.74) is 4.57. The molecule has 5 nitrogen and oxygen atoms in total. The van der Waals surface area contributed by atoms with E-state index in [0.717, 1.165) is 18.3 Å². The maximum atomic E-state index is 13.9. The highest BCUT2D eigenvalue weighted by Gasteiger charge is 2.30. The predicted molar refractivity (Wildman–Crippen MR) is 116 cm³/mol. The Labute approximate surface area is 184 Å². The summed E-state index contributed by atoms with van der Waals surface area (Å²) in [6.45, 7) is 0. The molecule has 0 atom stereocenters. The molecule has 0 saturated heterocycles. The molecule has 2 aromatic carbocycles. The number of hydrogen-bond donors (Lipinski definition) is 2. The number of urea groups is 1. The summed E-state index contributed by atoms with van der Waals surface area (Å²) in [5, 5.41) is 7.26. The molecule has 28 heavy (non-hydrogen) atoms. The van der Waals surface area contributed by atoms with E-state index >= 15 is 0 Å². The Morgan fingerprint density at radius 3 is 1.79 bits per heavy atom. The molecule has 0 aliphatic heterocycles. The molecule has 0 unspecified atom stereocenters. The first-order valence-electron chi connectivity index (χ1n) is 7.52. The van der Waals surface area contributed by atoms with Crippen molar-refractivity contribution in [1.29, 1.82) is 0 Å². The number of hydrazone groups is 2. The van der Waals surface area contributed by atoms with Gasteiger partial charge in [-0.1, -0.05) is 30.3 Å². The van der Waals surface area contributed by atoms with Crippen LogP contribution in [0.3, 0.4) is 0 Å². The Hall–Kier alpha value is -1.77. The summed E-state index contributed by atoms with van der Waals surface area (Å²) in [4.78, 5) is 11.6. The minimum atomic E-state index is -4.46. The lowest BCUT2D eigenvalue weighted by Crippen LogP contribution is -2.28. The molecule has 2 amide bonds. The maximum Gasteiger partial charge on any atom is 0.416 e. The van der Waals surface area contributed by atoms with Gasteiger partial charge in [0.15, 0.2) is 0 Å². The monoisotopic (exact) mass is 618 g/mol. The molecule has 0 aliphatic carbocycles. The van der Waals surface area contributed by atoms with Gasteiger partial charge in [0.05, 0.1) is 18.0 Å². The second-order valence-corrected chi connectivity index (χ2v) is 10.4. The smallest absolute Gasteiger partial charge is 0.245 e. The fourth-order valence-electron chi connectivity index (χ4n) is 1.95. The van der Waals surface area contributed by atoms with Crippen molar-refractivity contribution >= 4 is 63.6 Å². The van der Waals surface area contributed by atoms with Gasteiger partial charge in [-0.3, -0.25) is 0 Å². The molecule has 0 radical (unpaired) electrons. The number of amides is 2. The Morgan fingerprint density at radius 2 is 1.32 bits per heavy atom. The van der Waals surface area contributed by atoms with Crippen LogP contribution in [0.25, 0.3) is 0 Å². The van der Waals surface area contributed by atoms with Crippen LogP contribution in [0.15, 0.2) is 58.7 Å². The normalized spacial score (nSPS) is 12.5. The van der Waals surface area contributed by atoms with Crippen LogP contribution in [-0.2, 0) is 7.86 Å². The second kappa shape index (κ2) is 9.62. The van der Waals surface area contributed by atoms with E-state index in [2.05, 4.69) is 21.1 Å². The van der Waals surface area contributed by atoms with E-state index in [-0.39, 0.29) is 5.56 Å².